The van der Waals surface area contributed by atoms with Crippen molar-refractivity contribution in [3.63, 3.8) is 0 Å². The van der Waals surface area contributed by atoms with Gasteiger partial charge in [0.25, 0.3) is 0 Å². The molecule has 23 aromatic carbocycles. The molecular formula is C116H76. The molecule has 23 rings (SSSR count). The van der Waals surface area contributed by atoms with E-state index in [-0.39, 0.29) is 76.3 Å². The van der Waals surface area contributed by atoms with E-state index in [2.05, 4.69) is 279 Å². The molecule has 0 aliphatic rings. The zero-order valence-electron chi connectivity index (χ0n) is 75.0. The first kappa shape index (κ1) is 57.0. The van der Waals surface area contributed by atoms with E-state index in [1.54, 1.807) is 0 Å². The molecular weight excluding hydrogens is 1390 g/mol. The summed E-state index contributed by atoms with van der Waals surface area (Å²) in [6.07, 6.45) is 0. The Hall–Kier alpha value is -15.1. The second-order valence-corrected chi connectivity index (χ2v) is 29.3. The maximum atomic E-state index is 9.17. The lowest BCUT2D eigenvalue weighted by Gasteiger charge is -2.20. The monoisotopic (exact) mass is 1480 g/mol. The molecule has 0 nitrogen and oxygen atoms in total. The van der Waals surface area contributed by atoms with Crippen molar-refractivity contribution >= 4 is 118 Å². The Bertz CT molecular complexity index is 8310. The average Bonchev–Trinajstić information content (AvgIpc) is 0.720. The number of fused-ring (bicyclic) bond motifs is 11. The van der Waals surface area contributed by atoms with Crippen molar-refractivity contribution in [2.24, 2.45) is 0 Å². The molecule has 540 valence electrons. The van der Waals surface area contributed by atoms with E-state index >= 15 is 0 Å². The molecule has 0 saturated carbocycles. The molecule has 0 heteroatoms. The summed E-state index contributed by atoms with van der Waals surface area (Å²) in [5.74, 6) is 0. The minimum absolute atomic E-state index is 0.0493. The van der Waals surface area contributed by atoms with Gasteiger partial charge in [0.1, 0.15) is 0 Å². The van der Waals surface area contributed by atoms with Gasteiger partial charge >= 0.3 is 0 Å². The van der Waals surface area contributed by atoms with Gasteiger partial charge in [-0.3, -0.25) is 0 Å². The van der Waals surface area contributed by atoms with Gasteiger partial charge in [0.05, 0.1) is 16.4 Å². The summed E-state index contributed by atoms with van der Waals surface area (Å²) in [6.45, 7) is 0. The van der Waals surface area contributed by atoms with Crippen molar-refractivity contribution in [1.29, 1.82) is 0 Å². The fourth-order valence-corrected chi connectivity index (χ4v) is 18.1. The van der Waals surface area contributed by atoms with Crippen LogP contribution in [-0.4, -0.2) is 0 Å². The smallest absolute Gasteiger partial charge is 0.0622 e. The predicted octanol–water partition coefficient (Wildman–Crippen LogP) is 32.7. The van der Waals surface area contributed by atoms with Crippen LogP contribution in [0.2, 0.25) is 0 Å². The normalized spacial score (nSPS) is 12.9. The van der Waals surface area contributed by atoms with E-state index in [0.29, 0.717) is 11.1 Å². The molecule has 0 spiro atoms. The van der Waals surface area contributed by atoms with E-state index in [9.17, 15) is 0 Å². The molecule has 0 amide bonds. The Balaban J connectivity index is 0.000000118. The van der Waals surface area contributed by atoms with Crippen LogP contribution in [0.3, 0.4) is 0 Å². The fourth-order valence-electron chi connectivity index (χ4n) is 18.1. The van der Waals surface area contributed by atoms with Crippen LogP contribution in [0.25, 0.3) is 219 Å². The van der Waals surface area contributed by atoms with Gasteiger partial charge in [0.2, 0.25) is 0 Å². The van der Waals surface area contributed by atoms with Gasteiger partial charge in [-0.15, -0.1) is 0 Å². The second kappa shape index (κ2) is 29.9. The largest absolute Gasteiger partial charge is 0.0629 e. The third kappa shape index (κ3) is 12.0. The summed E-state index contributed by atoms with van der Waals surface area (Å²) in [4.78, 5) is 0. The molecule has 0 heterocycles. The zero-order chi connectivity index (χ0) is 87.3. The van der Waals surface area contributed by atoms with Crippen LogP contribution in [0.4, 0.5) is 0 Å². The standard InChI is InChI=1S/2C40H26.C36H24/c1-2-14-28(15-3-1)39-34-20-8-10-22-36(34)40(37-23-11-9-21-35(37)39)38-26-25-33(31-18-6-7-19-32(31)38)30-24-12-16-27-13-4-5-17-29(27)30;1-2-13-27(14-3-1)30-25-26-38(32-19-7-6-18-31(30)32)40-36-22-10-8-20-34(36)39(35-21-9-11-23-37(35)40)33-24-12-16-28-15-4-5-17-29(28)33;1-3-13-25(14-4-1)27-23-24-34(29-18-8-7-17-28(27)29)36-32-21-11-9-19-30(32)35(26-15-5-2-6-16-26)31-20-10-12-22-33(31)36/h2*1-26H;1-24H/i1D,2D,3D,14D,15D;4D,5D,12D,15D,16D,17D,24D;. The van der Waals surface area contributed by atoms with Crippen LogP contribution in [0.5, 0.6) is 0 Å². The maximum Gasteiger partial charge on any atom is 0.0629 e. The van der Waals surface area contributed by atoms with Crippen LogP contribution in [-0.2, 0) is 0 Å². The van der Waals surface area contributed by atoms with Crippen molar-refractivity contribution in [1.82, 2.24) is 0 Å². The lowest BCUT2D eigenvalue weighted by atomic mass is 9.83. The minimum atomic E-state index is -0.463. The molecule has 116 heavy (non-hydrogen) atoms. The van der Waals surface area contributed by atoms with Gasteiger partial charge in [-0.05, 0) is 219 Å². The molecule has 0 saturated heterocycles. The first-order valence-electron chi connectivity index (χ1n) is 45.2. The molecule has 0 aliphatic heterocycles. The van der Waals surface area contributed by atoms with Crippen molar-refractivity contribution < 1.29 is 16.4 Å². The predicted molar refractivity (Wildman–Crippen MR) is 501 cm³/mol. The van der Waals surface area contributed by atoms with Crippen LogP contribution in [0.15, 0.2) is 461 Å². The highest BCUT2D eigenvalue weighted by molar-refractivity contribution is 6.29. The average molecular weight is 1480 g/mol. The first-order chi connectivity index (χ1) is 62.6. The summed E-state index contributed by atoms with van der Waals surface area (Å²) in [5, 5.41) is 21.6. The fraction of sp³-hybridized carbons (Fsp3) is 0. The van der Waals surface area contributed by atoms with Crippen molar-refractivity contribution in [2.75, 3.05) is 0 Å². The van der Waals surface area contributed by atoms with Crippen LogP contribution in [0, 0.1) is 0 Å². The SMILES string of the molecule is [2H]c1c([2H])c([2H])c(-c2c3ccccc3c(-c3ccc(-c4cccc5ccccc45)c4ccccc34)c3ccccc23)c([2H])c1[2H].[2H]c1c([2H])c([2H])c2c(-c3c4ccccc4c(-c4ccc(-c5ccccc5)c5ccccc45)c4ccccc34)c([2H])c([2H])c([2H])c2c1[2H].c1ccc(-c2ccc(-c3c4ccccc4c(-c4ccccc4)c4ccccc34)c3ccccc23)cc1. The highest BCUT2D eigenvalue weighted by atomic mass is 14.3. The van der Waals surface area contributed by atoms with Crippen LogP contribution in [0.1, 0.15) is 16.4 Å². The number of hydrogen-bond acceptors (Lipinski definition) is 0. The van der Waals surface area contributed by atoms with E-state index in [0.717, 1.165) is 104 Å². The number of benzene rings is 23. The molecule has 0 aliphatic carbocycles. The van der Waals surface area contributed by atoms with Gasteiger partial charge < -0.3 is 0 Å². The van der Waals surface area contributed by atoms with Crippen LogP contribution >= 0.6 is 0 Å². The second-order valence-electron chi connectivity index (χ2n) is 29.3. The van der Waals surface area contributed by atoms with E-state index in [1.807, 2.05) is 109 Å². The van der Waals surface area contributed by atoms with E-state index in [1.165, 1.54) is 82.0 Å². The lowest BCUT2D eigenvalue weighted by Crippen LogP contribution is -1.93. The molecule has 0 bridgehead atoms. The topological polar surface area (TPSA) is 0 Å². The van der Waals surface area contributed by atoms with Gasteiger partial charge in [-0.1, -0.05) is 461 Å². The quantitative estimate of drug-likeness (QED) is 0.126. The third-order valence-corrected chi connectivity index (χ3v) is 23.0. The lowest BCUT2D eigenvalue weighted by molar-refractivity contribution is 1.64. The number of rotatable bonds is 9. The molecule has 0 unspecified atom stereocenters. The minimum Gasteiger partial charge on any atom is -0.0622 e. The van der Waals surface area contributed by atoms with Crippen molar-refractivity contribution in [3.8, 4) is 100 Å². The summed E-state index contributed by atoms with van der Waals surface area (Å²) in [5.41, 5.74) is 18.1. The van der Waals surface area contributed by atoms with Gasteiger partial charge in [-0.2, -0.15) is 0 Å². The molecule has 0 atom stereocenters. The van der Waals surface area contributed by atoms with Gasteiger partial charge in [0.15, 0.2) is 0 Å². The van der Waals surface area contributed by atoms with Gasteiger partial charge in [-0.25, -0.2) is 0 Å². The van der Waals surface area contributed by atoms with Crippen LogP contribution < -0.4 is 0 Å². The Labute approximate surface area is 691 Å². The first-order valence-corrected chi connectivity index (χ1v) is 39.2. The Morgan fingerprint density at radius 3 is 0.776 bits per heavy atom. The van der Waals surface area contributed by atoms with E-state index in [4.69, 9.17) is 16.4 Å². The molecule has 0 radical (unpaired) electrons. The van der Waals surface area contributed by atoms with Crippen molar-refractivity contribution in [2.45, 2.75) is 0 Å². The Morgan fingerprint density at radius 2 is 0.371 bits per heavy atom. The van der Waals surface area contributed by atoms with Crippen molar-refractivity contribution in [3.05, 3.63) is 461 Å². The Morgan fingerprint density at radius 1 is 0.112 bits per heavy atom. The molecule has 0 fully saturated rings. The summed E-state index contributed by atoms with van der Waals surface area (Å²) in [6, 6.07) is 131. The molecule has 0 aromatic heterocycles. The zero-order valence-corrected chi connectivity index (χ0v) is 63.0. The third-order valence-electron chi connectivity index (χ3n) is 23.0. The summed E-state index contributed by atoms with van der Waals surface area (Å²) >= 11 is 0. The van der Waals surface area contributed by atoms with Gasteiger partial charge in [0, 0.05) is 0 Å². The highest BCUT2D eigenvalue weighted by Gasteiger charge is 2.24. The maximum absolute atomic E-state index is 9.17. The molecule has 0 N–H and O–H groups in total. The number of hydrogen-bond donors (Lipinski definition) is 0. The Kier molecular flexibility index (Phi) is 14.7. The van der Waals surface area contributed by atoms with E-state index < -0.39 is 18.1 Å². The summed E-state index contributed by atoms with van der Waals surface area (Å²) < 4.78 is 104. The highest BCUT2D eigenvalue weighted by Crippen LogP contribution is 2.52. The summed E-state index contributed by atoms with van der Waals surface area (Å²) in [7, 11) is 0. The molecule has 23 aromatic rings.